The van der Waals surface area contributed by atoms with Crippen LogP contribution < -0.4 is 10.6 Å². The van der Waals surface area contributed by atoms with Crippen molar-refractivity contribution in [3.8, 4) is 0 Å². The minimum atomic E-state index is -0.212. The van der Waals surface area contributed by atoms with Gasteiger partial charge in [-0.3, -0.25) is 4.79 Å². The van der Waals surface area contributed by atoms with Crippen LogP contribution in [0.2, 0.25) is 0 Å². The Morgan fingerprint density at radius 2 is 1.54 bits per heavy atom. The first-order valence-corrected chi connectivity index (χ1v) is 9.99. The highest BCUT2D eigenvalue weighted by molar-refractivity contribution is 8.00. The fourth-order valence-corrected chi connectivity index (χ4v) is 5.04. The minimum absolute atomic E-state index is 0. The molecule has 2 N–H and O–H groups in total. The van der Waals surface area contributed by atoms with Crippen molar-refractivity contribution in [1.82, 2.24) is 10.6 Å². The van der Waals surface area contributed by atoms with Crippen LogP contribution in [-0.4, -0.2) is 24.0 Å². The lowest BCUT2D eigenvalue weighted by molar-refractivity contribution is -0.121. The molecule has 0 saturated carbocycles. The van der Waals surface area contributed by atoms with Crippen molar-refractivity contribution in [3.63, 3.8) is 0 Å². The predicted octanol–water partition coefficient (Wildman–Crippen LogP) is 4.34. The molecule has 2 bridgehead atoms. The lowest BCUT2D eigenvalue weighted by atomic mass is 9.99. The van der Waals surface area contributed by atoms with Crippen molar-refractivity contribution in [2.75, 3.05) is 0 Å². The number of nitrogens with one attached hydrogen (secondary N) is 2. The van der Waals surface area contributed by atoms with Crippen LogP contribution in [0.25, 0.3) is 0 Å². The third kappa shape index (κ3) is 4.61. The second-order valence-electron chi connectivity index (χ2n) is 7.04. The highest BCUT2D eigenvalue weighted by atomic mass is 35.5. The number of piperidine rings is 1. The fourth-order valence-electron chi connectivity index (χ4n) is 3.99. The molecular formula is C21H25ClN2OS. The Kier molecular flexibility index (Phi) is 6.63. The first kappa shape index (κ1) is 19.3. The largest absolute Gasteiger partial charge is 0.352 e. The number of hydrogen-bond donors (Lipinski definition) is 2. The highest BCUT2D eigenvalue weighted by Gasteiger charge is 2.35. The topological polar surface area (TPSA) is 41.1 Å². The average Bonchev–Trinajstić information content (AvgIpc) is 2.99. The zero-order valence-electron chi connectivity index (χ0n) is 14.6. The van der Waals surface area contributed by atoms with E-state index in [0.29, 0.717) is 18.1 Å². The molecule has 138 valence electrons. The first-order valence-electron chi connectivity index (χ1n) is 9.11. The van der Waals surface area contributed by atoms with Crippen LogP contribution in [0.3, 0.4) is 0 Å². The summed E-state index contributed by atoms with van der Waals surface area (Å²) in [5, 5.41) is 6.76. The van der Waals surface area contributed by atoms with Gasteiger partial charge in [-0.05, 0) is 43.4 Å². The van der Waals surface area contributed by atoms with Crippen LogP contribution in [0.15, 0.2) is 65.6 Å². The van der Waals surface area contributed by atoms with Gasteiger partial charge >= 0.3 is 0 Å². The average molecular weight is 389 g/mol. The van der Waals surface area contributed by atoms with Gasteiger partial charge in [0.25, 0.3) is 0 Å². The molecule has 0 spiro atoms. The normalized spacial score (nSPS) is 25.2. The molecule has 3 atom stereocenters. The molecule has 3 unspecified atom stereocenters. The summed E-state index contributed by atoms with van der Waals surface area (Å²) in [4.78, 5) is 14.2. The summed E-state index contributed by atoms with van der Waals surface area (Å²) in [6.07, 6.45) is 4.61. The van der Waals surface area contributed by atoms with E-state index in [9.17, 15) is 4.79 Å². The summed E-state index contributed by atoms with van der Waals surface area (Å²) < 4.78 is 0. The second-order valence-corrected chi connectivity index (χ2v) is 8.21. The lowest BCUT2D eigenvalue weighted by Gasteiger charge is -2.31. The molecule has 1 amide bonds. The van der Waals surface area contributed by atoms with Gasteiger partial charge in [-0.1, -0.05) is 48.5 Å². The molecule has 2 saturated heterocycles. The molecule has 0 radical (unpaired) electrons. The third-order valence-corrected chi connectivity index (χ3v) is 6.42. The Balaban J connectivity index is 0.00000196. The van der Waals surface area contributed by atoms with E-state index < -0.39 is 0 Å². The van der Waals surface area contributed by atoms with Gasteiger partial charge in [0.2, 0.25) is 5.91 Å². The number of carbonyl (C=O) groups is 1. The van der Waals surface area contributed by atoms with E-state index in [1.807, 2.05) is 48.5 Å². The Morgan fingerprint density at radius 3 is 2.15 bits per heavy atom. The maximum absolute atomic E-state index is 13.1. The van der Waals surface area contributed by atoms with E-state index in [2.05, 4.69) is 22.8 Å². The molecule has 2 aromatic carbocycles. The van der Waals surface area contributed by atoms with E-state index in [0.717, 1.165) is 23.3 Å². The second kappa shape index (κ2) is 8.94. The van der Waals surface area contributed by atoms with Crippen LogP contribution in [-0.2, 0) is 4.79 Å². The van der Waals surface area contributed by atoms with E-state index in [1.165, 1.54) is 12.8 Å². The molecule has 4 rings (SSSR count). The van der Waals surface area contributed by atoms with Crippen LogP contribution in [0.1, 0.15) is 36.5 Å². The van der Waals surface area contributed by atoms with Crippen molar-refractivity contribution in [3.05, 3.63) is 66.2 Å². The van der Waals surface area contributed by atoms with Crippen molar-refractivity contribution in [2.24, 2.45) is 0 Å². The van der Waals surface area contributed by atoms with Gasteiger partial charge in [-0.2, -0.15) is 0 Å². The first-order chi connectivity index (χ1) is 12.3. The summed E-state index contributed by atoms with van der Waals surface area (Å²) in [5.41, 5.74) is 1.06. The van der Waals surface area contributed by atoms with Crippen LogP contribution in [0.5, 0.6) is 0 Å². The van der Waals surface area contributed by atoms with E-state index in [-0.39, 0.29) is 23.6 Å². The molecule has 3 nitrogen and oxygen atoms in total. The summed E-state index contributed by atoms with van der Waals surface area (Å²) in [5.74, 6) is 0.131. The smallest absolute Gasteiger partial charge is 0.238 e. The molecular weight excluding hydrogens is 364 g/mol. The van der Waals surface area contributed by atoms with Gasteiger partial charge in [-0.25, -0.2) is 0 Å². The van der Waals surface area contributed by atoms with Gasteiger partial charge in [0.05, 0.1) is 0 Å². The molecule has 2 aromatic rings. The zero-order valence-corrected chi connectivity index (χ0v) is 16.3. The van der Waals surface area contributed by atoms with Crippen molar-refractivity contribution < 1.29 is 4.79 Å². The monoisotopic (exact) mass is 388 g/mol. The number of halogens is 1. The molecule has 2 heterocycles. The van der Waals surface area contributed by atoms with Crippen LogP contribution >= 0.6 is 24.2 Å². The summed E-state index contributed by atoms with van der Waals surface area (Å²) in [6.45, 7) is 0. The molecule has 5 heteroatoms. The predicted molar refractivity (Wildman–Crippen MR) is 110 cm³/mol. The summed E-state index contributed by atoms with van der Waals surface area (Å²) >= 11 is 1.63. The van der Waals surface area contributed by atoms with Crippen molar-refractivity contribution >= 4 is 30.1 Å². The van der Waals surface area contributed by atoms with Gasteiger partial charge in [0.15, 0.2) is 0 Å². The molecule has 2 aliphatic rings. The minimum Gasteiger partial charge on any atom is -0.352 e. The third-order valence-electron chi connectivity index (χ3n) is 5.16. The number of thioether (sulfide) groups is 1. The maximum atomic E-state index is 13.1. The SMILES string of the molecule is Cl.O=C(NC1CC2CCC(C1)N2)C(Sc1ccccc1)c1ccccc1. The Labute approximate surface area is 165 Å². The van der Waals surface area contributed by atoms with Gasteiger partial charge in [-0.15, -0.1) is 24.2 Å². The van der Waals surface area contributed by atoms with E-state index in [4.69, 9.17) is 0 Å². The summed E-state index contributed by atoms with van der Waals surface area (Å²) in [6, 6.07) is 21.8. The lowest BCUT2D eigenvalue weighted by Crippen LogP contribution is -2.48. The number of benzene rings is 2. The number of fused-ring (bicyclic) bond motifs is 2. The van der Waals surface area contributed by atoms with Crippen molar-refractivity contribution in [1.29, 1.82) is 0 Å². The number of amides is 1. The maximum Gasteiger partial charge on any atom is 0.238 e. The molecule has 2 fully saturated rings. The van der Waals surface area contributed by atoms with E-state index >= 15 is 0 Å². The fraction of sp³-hybridized carbons (Fsp3) is 0.381. The van der Waals surface area contributed by atoms with E-state index in [1.54, 1.807) is 11.8 Å². The molecule has 0 aromatic heterocycles. The quantitative estimate of drug-likeness (QED) is 0.748. The Bertz CT molecular complexity index is 700. The summed E-state index contributed by atoms with van der Waals surface area (Å²) in [7, 11) is 0. The number of hydrogen-bond acceptors (Lipinski definition) is 3. The van der Waals surface area contributed by atoms with Crippen LogP contribution in [0.4, 0.5) is 0 Å². The molecule has 26 heavy (non-hydrogen) atoms. The Hall–Kier alpha value is -1.49. The number of carbonyl (C=O) groups excluding carboxylic acids is 1. The van der Waals surface area contributed by atoms with Crippen molar-refractivity contribution in [2.45, 2.75) is 54.0 Å². The zero-order chi connectivity index (χ0) is 17.1. The van der Waals surface area contributed by atoms with Crippen LogP contribution in [0, 0.1) is 0 Å². The molecule has 2 aliphatic heterocycles. The van der Waals surface area contributed by atoms with Gasteiger partial charge < -0.3 is 10.6 Å². The number of rotatable bonds is 5. The highest BCUT2D eigenvalue weighted by Crippen LogP contribution is 2.36. The standard InChI is InChI=1S/C21H24N2OS.ClH/c24-21(23-18-13-16-11-12-17(14-18)22-16)20(15-7-3-1-4-8-15)25-19-9-5-2-6-10-19;/h1-10,16-18,20,22H,11-14H2,(H,23,24);1H. The van der Waals surface area contributed by atoms with Gasteiger partial charge in [0.1, 0.15) is 5.25 Å². The Morgan fingerprint density at radius 1 is 0.962 bits per heavy atom. The van der Waals surface area contributed by atoms with Gasteiger partial charge in [0, 0.05) is 23.0 Å². The molecule has 0 aliphatic carbocycles.